The van der Waals surface area contributed by atoms with Crippen LogP contribution in [0.2, 0.25) is 0 Å². The van der Waals surface area contributed by atoms with Crippen molar-refractivity contribution >= 4 is 0 Å². The molecular formula is C13H15N3O2. The van der Waals surface area contributed by atoms with E-state index in [2.05, 4.69) is 15.3 Å². The average Bonchev–Trinajstić information content (AvgIpc) is 2.42. The molecule has 0 aliphatic heterocycles. The SMILES string of the molecule is COc1ccc(CNCc2ccc(O)cn2)cn1. The number of nitrogens with one attached hydrogen (secondary N) is 1. The van der Waals surface area contributed by atoms with Gasteiger partial charge in [0, 0.05) is 25.4 Å². The van der Waals surface area contributed by atoms with Crippen molar-refractivity contribution in [2.75, 3.05) is 7.11 Å². The van der Waals surface area contributed by atoms with Gasteiger partial charge in [-0.1, -0.05) is 6.07 Å². The van der Waals surface area contributed by atoms with Crippen molar-refractivity contribution in [2.24, 2.45) is 0 Å². The molecule has 2 rings (SSSR count). The van der Waals surface area contributed by atoms with Crippen LogP contribution in [0.4, 0.5) is 0 Å². The molecule has 5 heteroatoms. The van der Waals surface area contributed by atoms with Gasteiger partial charge in [0.2, 0.25) is 5.88 Å². The summed E-state index contributed by atoms with van der Waals surface area (Å²) in [4.78, 5) is 8.21. The molecule has 0 aromatic carbocycles. The zero-order valence-corrected chi connectivity index (χ0v) is 10.1. The quantitative estimate of drug-likeness (QED) is 0.835. The van der Waals surface area contributed by atoms with E-state index >= 15 is 0 Å². The Hall–Kier alpha value is -2.14. The third kappa shape index (κ3) is 3.43. The van der Waals surface area contributed by atoms with Crippen LogP contribution in [-0.2, 0) is 13.1 Å². The number of ether oxygens (including phenoxy) is 1. The van der Waals surface area contributed by atoms with Crippen molar-refractivity contribution in [1.82, 2.24) is 15.3 Å². The Morgan fingerprint density at radius 2 is 2.00 bits per heavy atom. The molecule has 0 radical (unpaired) electrons. The summed E-state index contributed by atoms with van der Waals surface area (Å²) in [5, 5.41) is 12.4. The van der Waals surface area contributed by atoms with Crippen molar-refractivity contribution in [3.63, 3.8) is 0 Å². The minimum Gasteiger partial charge on any atom is -0.506 e. The first kappa shape index (κ1) is 12.3. The molecule has 2 heterocycles. The molecule has 0 aliphatic carbocycles. The summed E-state index contributed by atoms with van der Waals surface area (Å²) >= 11 is 0. The van der Waals surface area contributed by atoms with Crippen LogP contribution in [0.5, 0.6) is 11.6 Å². The zero-order valence-electron chi connectivity index (χ0n) is 10.1. The summed E-state index contributed by atoms with van der Waals surface area (Å²) in [6.45, 7) is 1.35. The van der Waals surface area contributed by atoms with Crippen molar-refractivity contribution in [3.8, 4) is 11.6 Å². The molecule has 0 spiro atoms. The fourth-order valence-corrected chi connectivity index (χ4v) is 1.49. The van der Waals surface area contributed by atoms with Gasteiger partial charge >= 0.3 is 0 Å². The second-order valence-electron chi connectivity index (χ2n) is 3.82. The molecule has 0 saturated heterocycles. The molecule has 18 heavy (non-hydrogen) atoms. The van der Waals surface area contributed by atoms with Gasteiger partial charge in [-0.25, -0.2) is 4.98 Å². The Morgan fingerprint density at radius 3 is 2.61 bits per heavy atom. The Morgan fingerprint density at radius 1 is 1.11 bits per heavy atom. The number of pyridine rings is 2. The highest BCUT2D eigenvalue weighted by Crippen LogP contribution is 2.07. The molecule has 0 bridgehead atoms. The van der Waals surface area contributed by atoms with E-state index in [1.807, 2.05) is 12.1 Å². The van der Waals surface area contributed by atoms with Gasteiger partial charge in [0.1, 0.15) is 5.75 Å². The average molecular weight is 245 g/mol. The molecule has 0 atom stereocenters. The van der Waals surface area contributed by atoms with Crippen LogP contribution in [0.15, 0.2) is 36.7 Å². The van der Waals surface area contributed by atoms with Gasteiger partial charge in [-0.3, -0.25) is 4.98 Å². The molecular weight excluding hydrogens is 230 g/mol. The summed E-state index contributed by atoms with van der Waals surface area (Å²) in [6, 6.07) is 7.20. The number of hydrogen-bond donors (Lipinski definition) is 2. The number of aromatic nitrogens is 2. The highest BCUT2D eigenvalue weighted by atomic mass is 16.5. The lowest BCUT2D eigenvalue weighted by Gasteiger charge is -2.05. The van der Waals surface area contributed by atoms with E-state index in [0.717, 1.165) is 11.3 Å². The molecule has 0 amide bonds. The number of aromatic hydroxyl groups is 1. The van der Waals surface area contributed by atoms with Gasteiger partial charge in [-0.15, -0.1) is 0 Å². The van der Waals surface area contributed by atoms with Gasteiger partial charge in [-0.05, 0) is 17.7 Å². The fourth-order valence-electron chi connectivity index (χ4n) is 1.49. The second kappa shape index (κ2) is 5.97. The lowest BCUT2D eigenvalue weighted by Crippen LogP contribution is -2.13. The van der Waals surface area contributed by atoms with Gasteiger partial charge < -0.3 is 15.2 Å². The predicted molar refractivity (Wildman–Crippen MR) is 67.2 cm³/mol. The van der Waals surface area contributed by atoms with Crippen molar-refractivity contribution in [2.45, 2.75) is 13.1 Å². The number of hydrogen-bond acceptors (Lipinski definition) is 5. The van der Waals surface area contributed by atoms with Crippen molar-refractivity contribution in [3.05, 3.63) is 47.9 Å². The molecule has 5 nitrogen and oxygen atoms in total. The van der Waals surface area contributed by atoms with E-state index < -0.39 is 0 Å². The van der Waals surface area contributed by atoms with E-state index in [0.29, 0.717) is 19.0 Å². The minimum absolute atomic E-state index is 0.179. The Bertz CT molecular complexity index is 483. The molecule has 0 fully saturated rings. The molecule has 0 saturated carbocycles. The van der Waals surface area contributed by atoms with Crippen LogP contribution in [0, 0.1) is 0 Å². The van der Waals surface area contributed by atoms with Crippen LogP contribution in [0.3, 0.4) is 0 Å². The standard InChI is InChI=1S/C13H15N3O2/c1-18-13-5-2-10(7-16-13)6-14-8-11-3-4-12(17)9-15-11/h2-5,7,9,14,17H,6,8H2,1H3. The van der Waals surface area contributed by atoms with Crippen molar-refractivity contribution < 1.29 is 9.84 Å². The van der Waals surface area contributed by atoms with Gasteiger partial charge in [0.15, 0.2) is 0 Å². The minimum atomic E-state index is 0.179. The second-order valence-corrected chi connectivity index (χ2v) is 3.82. The van der Waals surface area contributed by atoms with Crippen molar-refractivity contribution in [1.29, 1.82) is 0 Å². The number of rotatable bonds is 5. The molecule has 0 unspecified atom stereocenters. The molecule has 2 aromatic heterocycles. The Balaban J connectivity index is 1.82. The maximum atomic E-state index is 9.11. The summed E-state index contributed by atoms with van der Waals surface area (Å²) in [7, 11) is 1.59. The summed E-state index contributed by atoms with van der Waals surface area (Å²) < 4.78 is 4.99. The smallest absolute Gasteiger partial charge is 0.212 e. The van der Waals surface area contributed by atoms with E-state index in [1.165, 1.54) is 6.20 Å². The Kier molecular flexibility index (Phi) is 4.09. The monoisotopic (exact) mass is 245 g/mol. The normalized spacial score (nSPS) is 10.3. The summed E-state index contributed by atoms with van der Waals surface area (Å²) in [6.07, 6.45) is 3.21. The maximum Gasteiger partial charge on any atom is 0.212 e. The predicted octanol–water partition coefficient (Wildman–Crippen LogP) is 1.48. The summed E-state index contributed by atoms with van der Waals surface area (Å²) in [5.41, 5.74) is 1.96. The molecule has 0 aliphatic rings. The Labute approximate surface area is 105 Å². The topological polar surface area (TPSA) is 67.3 Å². The highest BCUT2D eigenvalue weighted by Gasteiger charge is 1.97. The molecule has 94 valence electrons. The van der Waals surface area contributed by atoms with E-state index in [1.54, 1.807) is 25.4 Å². The van der Waals surface area contributed by atoms with Gasteiger partial charge in [0.25, 0.3) is 0 Å². The maximum absolute atomic E-state index is 9.11. The van der Waals surface area contributed by atoms with Crippen LogP contribution in [0.1, 0.15) is 11.3 Å². The van der Waals surface area contributed by atoms with Crippen LogP contribution < -0.4 is 10.1 Å². The highest BCUT2D eigenvalue weighted by molar-refractivity contribution is 5.19. The number of nitrogens with zero attached hydrogens (tertiary/aromatic N) is 2. The third-order valence-corrected chi connectivity index (χ3v) is 2.45. The molecule has 2 N–H and O–H groups in total. The number of methoxy groups -OCH3 is 1. The van der Waals surface area contributed by atoms with Gasteiger partial charge in [-0.2, -0.15) is 0 Å². The summed E-state index contributed by atoms with van der Waals surface area (Å²) in [5.74, 6) is 0.789. The lowest BCUT2D eigenvalue weighted by molar-refractivity contribution is 0.397. The largest absolute Gasteiger partial charge is 0.506 e. The first-order valence-electron chi connectivity index (χ1n) is 5.61. The van der Waals surface area contributed by atoms with Crippen LogP contribution >= 0.6 is 0 Å². The third-order valence-electron chi connectivity index (χ3n) is 2.45. The zero-order chi connectivity index (χ0) is 12.8. The van der Waals surface area contributed by atoms with Crippen LogP contribution in [0.25, 0.3) is 0 Å². The van der Waals surface area contributed by atoms with E-state index in [9.17, 15) is 0 Å². The fraction of sp³-hybridized carbons (Fsp3) is 0.231. The van der Waals surface area contributed by atoms with Gasteiger partial charge in [0.05, 0.1) is 19.0 Å². The first-order valence-corrected chi connectivity index (χ1v) is 5.61. The van der Waals surface area contributed by atoms with E-state index in [4.69, 9.17) is 9.84 Å². The molecule has 2 aromatic rings. The first-order chi connectivity index (χ1) is 8.78. The lowest BCUT2D eigenvalue weighted by atomic mass is 10.2. The van der Waals surface area contributed by atoms with Crippen LogP contribution in [-0.4, -0.2) is 22.2 Å². The van der Waals surface area contributed by atoms with E-state index in [-0.39, 0.29) is 5.75 Å².